The van der Waals surface area contributed by atoms with Crippen LogP contribution in [-0.4, -0.2) is 38.3 Å². The highest BCUT2D eigenvalue weighted by molar-refractivity contribution is 6.35. The molecule has 25 heavy (non-hydrogen) atoms. The van der Waals surface area contributed by atoms with E-state index in [9.17, 15) is 4.79 Å². The molecule has 7 nitrogen and oxygen atoms in total. The number of rotatable bonds is 3. The Labute approximate surface area is 153 Å². The average Bonchev–Trinajstić information content (AvgIpc) is 3.20. The predicted molar refractivity (Wildman–Crippen MR) is 95.8 cm³/mol. The smallest absolute Gasteiger partial charge is 0.240 e. The van der Waals surface area contributed by atoms with E-state index in [0.29, 0.717) is 32.9 Å². The topological polar surface area (TPSA) is 89.4 Å². The van der Waals surface area contributed by atoms with Gasteiger partial charge in [0, 0.05) is 22.2 Å². The van der Waals surface area contributed by atoms with Crippen LogP contribution in [0.25, 0.3) is 17.0 Å². The van der Waals surface area contributed by atoms with Gasteiger partial charge in [-0.2, -0.15) is 4.52 Å². The lowest BCUT2D eigenvalue weighted by Gasteiger charge is -2.22. The Hall–Kier alpha value is -2.38. The van der Waals surface area contributed by atoms with E-state index in [0.717, 1.165) is 19.4 Å². The zero-order chi connectivity index (χ0) is 17.6. The van der Waals surface area contributed by atoms with E-state index in [1.807, 2.05) is 11.0 Å². The fourth-order valence-electron chi connectivity index (χ4n) is 3.13. The van der Waals surface area contributed by atoms with Gasteiger partial charge in [0.2, 0.25) is 5.91 Å². The van der Waals surface area contributed by atoms with Gasteiger partial charge >= 0.3 is 0 Å². The maximum atomic E-state index is 11.7. The molecule has 4 rings (SSSR count). The summed E-state index contributed by atoms with van der Waals surface area (Å²) >= 11 is 12.2. The van der Waals surface area contributed by atoms with Crippen LogP contribution in [0.1, 0.15) is 12.8 Å². The molecule has 1 fully saturated rings. The molecule has 0 spiro atoms. The number of primary amides is 1. The lowest BCUT2D eigenvalue weighted by Crippen LogP contribution is -2.40. The first kappa shape index (κ1) is 16.1. The third kappa shape index (κ3) is 2.89. The van der Waals surface area contributed by atoms with Crippen LogP contribution in [0.2, 0.25) is 10.0 Å². The van der Waals surface area contributed by atoms with Crippen LogP contribution < -0.4 is 10.6 Å². The molecule has 0 radical (unpaired) electrons. The molecule has 2 aromatic heterocycles. The number of fused-ring (bicyclic) bond motifs is 1. The predicted octanol–water partition coefficient (Wildman–Crippen LogP) is 2.55. The Balaban J connectivity index is 1.81. The fraction of sp³-hybridized carbons (Fsp3) is 0.250. The van der Waals surface area contributed by atoms with Gasteiger partial charge in [-0.05, 0) is 43.2 Å². The minimum Gasteiger partial charge on any atom is -0.368 e. The van der Waals surface area contributed by atoms with Crippen molar-refractivity contribution in [3.63, 3.8) is 0 Å². The number of benzene rings is 1. The van der Waals surface area contributed by atoms with Crippen LogP contribution in [-0.2, 0) is 4.79 Å². The summed E-state index contributed by atoms with van der Waals surface area (Å²) in [4.78, 5) is 13.6. The van der Waals surface area contributed by atoms with E-state index < -0.39 is 0 Å². The van der Waals surface area contributed by atoms with Gasteiger partial charge < -0.3 is 10.6 Å². The summed E-state index contributed by atoms with van der Waals surface area (Å²) in [5.74, 6) is 0.837. The van der Waals surface area contributed by atoms with Crippen molar-refractivity contribution in [2.45, 2.75) is 18.9 Å². The quantitative estimate of drug-likeness (QED) is 0.758. The monoisotopic (exact) mass is 376 g/mol. The van der Waals surface area contributed by atoms with Crippen LogP contribution in [0, 0.1) is 0 Å². The van der Waals surface area contributed by atoms with Crippen molar-refractivity contribution in [3.05, 3.63) is 40.4 Å². The van der Waals surface area contributed by atoms with E-state index >= 15 is 0 Å². The Morgan fingerprint density at radius 2 is 1.92 bits per heavy atom. The zero-order valence-electron chi connectivity index (χ0n) is 13.1. The van der Waals surface area contributed by atoms with Crippen LogP contribution in [0.3, 0.4) is 0 Å². The lowest BCUT2D eigenvalue weighted by atomic mass is 10.2. The number of hydrogen-bond donors (Lipinski definition) is 1. The van der Waals surface area contributed by atoms with Gasteiger partial charge in [-0.3, -0.25) is 4.79 Å². The molecule has 3 heterocycles. The molecule has 1 amide bonds. The number of amides is 1. The summed E-state index contributed by atoms with van der Waals surface area (Å²) in [6.45, 7) is 0.729. The van der Waals surface area contributed by atoms with E-state index in [2.05, 4.69) is 15.3 Å². The molecule has 1 aliphatic rings. The van der Waals surface area contributed by atoms with Gasteiger partial charge in [0.05, 0.1) is 0 Å². The molecule has 1 saturated heterocycles. The average molecular weight is 377 g/mol. The van der Waals surface area contributed by atoms with Crippen LogP contribution >= 0.6 is 23.2 Å². The molecule has 1 aromatic carbocycles. The highest BCUT2D eigenvalue weighted by Crippen LogP contribution is 2.28. The molecular weight excluding hydrogens is 363 g/mol. The second kappa shape index (κ2) is 6.16. The Kier molecular flexibility index (Phi) is 3.97. The second-order valence-electron chi connectivity index (χ2n) is 5.90. The lowest BCUT2D eigenvalue weighted by molar-refractivity contribution is -0.119. The minimum atomic E-state index is -0.343. The fourth-order valence-corrected chi connectivity index (χ4v) is 3.66. The largest absolute Gasteiger partial charge is 0.368 e. The normalized spacial score (nSPS) is 17.4. The van der Waals surface area contributed by atoms with Crippen molar-refractivity contribution in [2.75, 3.05) is 11.4 Å². The summed E-state index contributed by atoms with van der Waals surface area (Å²) in [7, 11) is 0. The van der Waals surface area contributed by atoms with Crippen LogP contribution in [0.4, 0.5) is 5.82 Å². The molecule has 1 unspecified atom stereocenters. The molecule has 9 heteroatoms. The van der Waals surface area contributed by atoms with Gasteiger partial charge in [-0.15, -0.1) is 15.3 Å². The number of halogens is 2. The number of carbonyl (C=O) groups is 1. The molecule has 1 aliphatic heterocycles. The maximum absolute atomic E-state index is 11.7. The van der Waals surface area contributed by atoms with Gasteiger partial charge in [-0.25, -0.2) is 0 Å². The highest BCUT2D eigenvalue weighted by Gasteiger charge is 2.30. The van der Waals surface area contributed by atoms with E-state index in [4.69, 9.17) is 28.9 Å². The number of carbonyl (C=O) groups excluding carboxylic acids is 1. The summed E-state index contributed by atoms with van der Waals surface area (Å²) < 4.78 is 1.62. The standard InChI is InChI=1S/C16H14Cl2N6O/c17-10-6-9(7-11(18)8-10)16-21-20-13-3-4-14(22-24(13)16)23-5-1-2-12(23)15(19)25/h3-4,6-8,12H,1-2,5H2,(H2,19,25). The molecule has 0 saturated carbocycles. The van der Waals surface area contributed by atoms with Gasteiger partial charge in [-0.1, -0.05) is 23.2 Å². The Morgan fingerprint density at radius 3 is 2.64 bits per heavy atom. The summed E-state index contributed by atoms with van der Waals surface area (Å²) in [6, 6.07) is 8.43. The van der Waals surface area contributed by atoms with Gasteiger partial charge in [0.15, 0.2) is 11.5 Å². The Morgan fingerprint density at radius 1 is 1.16 bits per heavy atom. The van der Waals surface area contributed by atoms with Crippen LogP contribution in [0.5, 0.6) is 0 Å². The number of aromatic nitrogens is 4. The number of hydrogen-bond acceptors (Lipinski definition) is 5. The van der Waals surface area contributed by atoms with Crippen molar-refractivity contribution < 1.29 is 4.79 Å². The summed E-state index contributed by atoms with van der Waals surface area (Å²) in [5, 5.41) is 13.9. The molecule has 0 bridgehead atoms. The van der Waals surface area contributed by atoms with E-state index in [1.54, 1.807) is 28.8 Å². The first-order valence-electron chi connectivity index (χ1n) is 7.78. The Bertz CT molecular complexity index is 952. The summed E-state index contributed by atoms with van der Waals surface area (Å²) in [6.07, 6.45) is 1.63. The molecule has 1 atom stereocenters. The van der Waals surface area contributed by atoms with E-state index in [-0.39, 0.29) is 11.9 Å². The maximum Gasteiger partial charge on any atom is 0.240 e. The first-order chi connectivity index (χ1) is 12.0. The van der Waals surface area contributed by atoms with Crippen molar-refractivity contribution in [1.82, 2.24) is 19.8 Å². The third-order valence-electron chi connectivity index (χ3n) is 4.24. The third-order valence-corrected chi connectivity index (χ3v) is 4.68. The number of nitrogens with zero attached hydrogens (tertiary/aromatic N) is 5. The SMILES string of the molecule is NC(=O)C1CCCN1c1ccc2nnc(-c3cc(Cl)cc(Cl)c3)n2n1. The van der Waals surface area contributed by atoms with Crippen molar-refractivity contribution in [3.8, 4) is 11.4 Å². The minimum absolute atomic E-state index is 0.342. The molecule has 128 valence electrons. The van der Waals surface area contributed by atoms with E-state index in [1.165, 1.54) is 0 Å². The highest BCUT2D eigenvalue weighted by atomic mass is 35.5. The molecule has 2 N–H and O–H groups in total. The second-order valence-corrected chi connectivity index (χ2v) is 6.77. The molecule has 0 aliphatic carbocycles. The van der Waals surface area contributed by atoms with Crippen LogP contribution in [0.15, 0.2) is 30.3 Å². The molecule has 3 aromatic rings. The first-order valence-corrected chi connectivity index (χ1v) is 8.53. The van der Waals surface area contributed by atoms with Crippen molar-refractivity contribution >= 4 is 40.6 Å². The van der Waals surface area contributed by atoms with Gasteiger partial charge in [0.25, 0.3) is 0 Å². The van der Waals surface area contributed by atoms with Crippen molar-refractivity contribution in [2.24, 2.45) is 5.73 Å². The van der Waals surface area contributed by atoms with Gasteiger partial charge in [0.1, 0.15) is 11.9 Å². The molecular formula is C16H14Cl2N6O. The van der Waals surface area contributed by atoms with Crippen molar-refractivity contribution in [1.29, 1.82) is 0 Å². The zero-order valence-corrected chi connectivity index (χ0v) is 14.6. The number of nitrogens with two attached hydrogens (primary N) is 1. The summed E-state index contributed by atoms with van der Waals surface area (Å²) in [5.41, 5.74) is 6.80. The number of anilines is 1.